The summed E-state index contributed by atoms with van der Waals surface area (Å²) in [4.78, 5) is 12.9. The van der Waals surface area contributed by atoms with Crippen molar-refractivity contribution < 1.29 is 9.53 Å². The lowest BCUT2D eigenvalue weighted by Crippen LogP contribution is -2.03. The monoisotopic (exact) mass is 232 g/mol. The quantitative estimate of drug-likeness (QED) is 0.696. The van der Waals surface area contributed by atoms with Crippen LogP contribution in [0.15, 0.2) is 22.6 Å². The van der Waals surface area contributed by atoms with Gasteiger partial charge in [0.1, 0.15) is 0 Å². The molecule has 0 bridgehead atoms. The summed E-state index contributed by atoms with van der Waals surface area (Å²) in [6.07, 6.45) is 3.86. The van der Waals surface area contributed by atoms with Crippen LogP contribution in [0.25, 0.3) is 6.08 Å². The van der Waals surface area contributed by atoms with Gasteiger partial charge >= 0.3 is 5.97 Å². The summed E-state index contributed by atoms with van der Waals surface area (Å²) in [5.41, 5.74) is 4.71. The minimum atomic E-state index is -0.201. The molecule has 1 aromatic carbocycles. The molecule has 0 amide bonds. The molecular formula is C13H12O2S. The summed E-state index contributed by atoms with van der Waals surface area (Å²) in [5, 5.41) is 0. The molecule has 1 heterocycles. The van der Waals surface area contributed by atoms with E-state index in [0.29, 0.717) is 0 Å². The van der Waals surface area contributed by atoms with Crippen molar-refractivity contribution in [3.05, 3.63) is 34.4 Å². The predicted molar refractivity (Wildman–Crippen MR) is 64.6 cm³/mol. The molecule has 1 aromatic rings. The van der Waals surface area contributed by atoms with E-state index in [9.17, 15) is 4.79 Å². The Bertz CT molecular complexity index is 503. The number of fused-ring (bicyclic) bond motifs is 3. The highest BCUT2D eigenvalue weighted by Gasteiger charge is 2.24. The van der Waals surface area contributed by atoms with Gasteiger partial charge in [0.05, 0.1) is 7.11 Å². The van der Waals surface area contributed by atoms with Gasteiger partial charge in [0, 0.05) is 22.6 Å². The molecule has 82 valence electrons. The number of benzene rings is 1. The molecule has 0 N–H and O–H groups in total. The summed E-state index contributed by atoms with van der Waals surface area (Å²) in [6.45, 7) is 0. The van der Waals surface area contributed by atoms with Crippen LogP contribution >= 0.6 is 11.8 Å². The van der Waals surface area contributed by atoms with Gasteiger partial charge in [-0.25, -0.2) is 4.79 Å². The van der Waals surface area contributed by atoms with Crippen LogP contribution in [-0.2, 0) is 22.4 Å². The van der Waals surface area contributed by atoms with Gasteiger partial charge in [0.15, 0.2) is 0 Å². The Labute approximate surface area is 98.7 Å². The van der Waals surface area contributed by atoms with Gasteiger partial charge in [-0.05, 0) is 29.2 Å². The zero-order valence-electron chi connectivity index (χ0n) is 9.08. The Hall–Kier alpha value is -1.22. The van der Waals surface area contributed by atoms with Crippen molar-refractivity contribution >= 4 is 23.8 Å². The summed E-state index contributed by atoms with van der Waals surface area (Å²) in [5.74, 6) is 0.959. The summed E-state index contributed by atoms with van der Waals surface area (Å²) in [7, 11) is 1.44. The third-order valence-electron chi connectivity index (χ3n) is 3.13. The number of esters is 1. The second kappa shape index (κ2) is 3.67. The minimum absolute atomic E-state index is 0.201. The normalized spacial score (nSPS) is 16.7. The fraction of sp³-hybridized carbons (Fsp3) is 0.308. The van der Waals surface area contributed by atoms with E-state index in [2.05, 4.69) is 12.1 Å². The lowest BCUT2D eigenvalue weighted by molar-refractivity contribution is -0.136. The third-order valence-corrected chi connectivity index (χ3v) is 4.31. The van der Waals surface area contributed by atoms with Crippen molar-refractivity contribution in [3.63, 3.8) is 0 Å². The molecule has 2 aliphatic rings. The van der Waals surface area contributed by atoms with E-state index in [4.69, 9.17) is 4.74 Å². The fourth-order valence-electron chi connectivity index (χ4n) is 2.32. The number of carbonyl (C=O) groups excluding carboxylic acids is 1. The second-order valence-corrected chi connectivity index (χ2v) is 5.17. The van der Waals surface area contributed by atoms with E-state index >= 15 is 0 Å². The molecule has 3 rings (SSSR count). The predicted octanol–water partition coefficient (Wildman–Crippen LogP) is 2.45. The standard InChI is InChI=1S/C13H12O2S/c1-15-13(14)10-6-9-3-2-8-4-5-16-12(8)11(9)7-10/h2-3,7H,4-6H2,1H3. The average molecular weight is 232 g/mol. The van der Waals surface area contributed by atoms with Gasteiger partial charge < -0.3 is 4.74 Å². The molecule has 0 aromatic heterocycles. The van der Waals surface area contributed by atoms with Crippen molar-refractivity contribution in [1.82, 2.24) is 0 Å². The highest BCUT2D eigenvalue weighted by atomic mass is 32.2. The molecule has 1 aliphatic carbocycles. The number of rotatable bonds is 1. The van der Waals surface area contributed by atoms with Crippen LogP contribution in [0.1, 0.15) is 16.7 Å². The third kappa shape index (κ3) is 1.39. The highest BCUT2D eigenvalue weighted by Crippen LogP contribution is 2.40. The SMILES string of the molecule is COC(=O)C1=Cc2c(ccc3c2SCC3)C1. The summed E-state index contributed by atoms with van der Waals surface area (Å²) >= 11 is 1.90. The van der Waals surface area contributed by atoms with Crippen LogP contribution in [0.4, 0.5) is 0 Å². The summed E-state index contributed by atoms with van der Waals surface area (Å²) < 4.78 is 4.77. The molecule has 0 saturated carbocycles. The molecule has 3 heteroatoms. The van der Waals surface area contributed by atoms with E-state index in [1.807, 2.05) is 17.8 Å². The molecular weight excluding hydrogens is 220 g/mol. The smallest absolute Gasteiger partial charge is 0.334 e. The van der Waals surface area contributed by atoms with E-state index in [1.54, 1.807) is 0 Å². The van der Waals surface area contributed by atoms with Crippen molar-refractivity contribution in [2.24, 2.45) is 0 Å². The Morgan fingerprint density at radius 1 is 1.38 bits per heavy atom. The molecule has 0 radical (unpaired) electrons. The van der Waals surface area contributed by atoms with Gasteiger partial charge in [0.2, 0.25) is 0 Å². The number of methoxy groups -OCH3 is 1. The second-order valence-electron chi connectivity index (χ2n) is 4.06. The number of ether oxygens (including phenoxy) is 1. The molecule has 0 saturated heterocycles. The minimum Gasteiger partial charge on any atom is -0.466 e. The maximum atomic E-state index is 11.5. The van der Waals surface area contributed by atoms with Crippen LogP contribution in [0.2, 0.25) is 0 Å². The first-order valence-electron chi connectivity index (χ1n) is 5.36. The molecule has 2 nitrogen and oxygen atoms in total. The van der Waals surface area contributed by atoms with Crippen molar-refractivity contribution in [2.75, 3.05) is 12.9 Å². The number of hydrogen-bond acceptors (Lipinski definition) is 3. The van der Waals surface area contributed by atoms with Gasteiger partial charge in [-0.3, -0.25) is 0 Å². The van der Waals surface area contributed by atoms with Crippen LogP contribution in [0.5, 0.6) is 0 Å². The Morgan fingerprint density at radius 3 is 3.00 bits per heavy atom. The maximum absolute atomic E-state index is 11.5. The Kier molecular flexibility index (Phi) is 2.28. The van der Waals surface area contributed by atoms with Gasteiger partial charge in [-0.2, -0.15) is 0 Å². The van der Waals surface area contributed by atoms with Gasteiger partial charge in [-0.15, -0.1) is 11.8 Å². The van der Waals surface area contributed by atoms with Crippen LogP contribution in [-0.4, -0.2) is 18.8 Å². The molecule has 0 fully saturated rings. The lowest BCUT2D eigenvalue weighted by atomic mass is 10.0. The van der Waals surface area contributed by atoms with E-state index in [1.165, 1.54) is 28.7 Å². The van der Waals surface area contributed by atoms with E-state index < -0.39 is 0 Å². The number of thioether (sulfide) groups is 1. The number of hydrogen-bond donors (Lipinski definition) is 0. The van der Waals surface area contributed by atoms with Crippen molar-refractivity contribution in [2.45, 2.75) is 17.7 Å². The first-order valence-corrected chi connectivity index (χ1v) is 6.34. The lowest BCUT2D eigenvalue weighted by Gasteiger charge is -2.04. The zero-order chi connectivity index (χ0) is 11.1. The van der Waals surface area contributed by atoms with Crippen LogP contribution in [0, 0.1) is 0 Å². The fourth-order valence-corrected chi connectivity index (χ4v) is 3.55. The molecule has 16 heavy (non-hydrogen) atoms. The zero-order valence-corrected chi connectivity index (χ0v) is 9.89. The molecule has 1 aliphatic heterocycles. The van der Waals surface area contributed by atoms with Crippen molar-refractivity contribution in [3.8, 4) is 0 Å². The van der Waals surface area contributed by atoms with Gasteiger partial charge in [-0.1, -0.05) is 12.1 Å². The van der Waals surface area contributed by atoms with Gasteiger partial charge in [0.25, 0.3) is 0 Å². The first kappa shape index (κ1) is 9.97. The van der Waals surface area contributed by atoms with E-state index in [-0.39, 0.29) is 5.97 Å². The van der Waals surface area contributed by atoms with E-state index in [0.717, 1.165) is 24.2 Å². The maximum Gasteiger partial charge on any atom is 0.334 e. The first-order chi connectivity index (χ1) is 7.79. The Morgan fingerprint density at radius 2 is 2.19 bits per heavy atom. The topological polar surface area (TPSA) is 26.3 Å². The highest BCUT2D eigenvalue weighted by molar-refractivity contribution is 7.99. The number of aryl methyl sites for hydroxylation is 1. The van der Waals surface area contributed by atoms with Crippen LogP contribution in [0.3, 0.4) is 0 Å². The van der Waals surface area contributed by atoms with Crippen molar-refractivity contribution in [1.29, 1.82) is 0 Å². The van der Waals surface area contributed by atoms with Crippen LogP contribution < -0.4 is 0 Å². The Balaban J connectivity index is 2.06. The average Bonchev–Trinajstić information content (AvgIpc) is 2.92. The molecule has 0 unspecified atom stereocenters. The molecule has 0 atom stereocenters. The molecule has 0 spiro atoms. The largest absolute Gasteiger partial charge is 0.466 e. The summed E-state index contributed by atoms with van der Waals surface area (Å²) in [6, 6.07) is 4.34. The number of carbonyl (C=O) groups is 1.